The molecule has 3 aromatic rings. The van der Waals surface area contributed by atoms with Crippen LogP contribution in [0.2, 0.25) is 0 Å². The summed E-state index contributed by atoms with van der Waals surface area (Å²) in [5, 5.41) is 19.4. The van der Waals surface area contributed by atoms with Gasteiger partial charge in [-0.25, -0.2) is 0 Å². The van der Waals surface area contributed by atoms with Crippen molar-refractivity contribution in [2.24, 2.45) is 0 Å². The largest absolute Gasteiger partial charge is 0.469 e. The second-order valence-electron chi connectivity index (χ2n) is 5.46. The van der Waals surface area contributed by atoms with Gasteiger partial charge in [-0.3, -0.25) is 4.57 Å². The molecule has 0 atom stereocenters. The molecule has 1 aliphatic rings. The molecule has 24 heavy (non-hydrogen) atoms. The third kappa shape index (κ3) is 3.46. The summed E-state index contributed by atoms with van der Waals surface area (Å²) >= 11 is 3.09. The Morgan fingerprint density at radius 1 is 1.33 bits per heavy atom. The Balaban J connectivity index is 1.49. The van der Waals surface area contributed by atoms with Gasteiger partial charge in [-0.05, 0) is 31.9 Å². The van der Waals surface area contributed by atoms with Gasteiger partial charge < -0.3 is 9.15 Å². The molecule has 0 unspecified atom stereocenters. The van der Waals surface area contributed by atoms with E-state index in [1.165, 1.54) is 24.2 Å². The Kier molecular flexibility index (Phi) is 4.52. The van der Waals surface area contributed by atoms with Crippen molar-refractivity contribution in [3.8, 4) is 5.19 Å². The van der Waals surface area contributed by atoms with Gasteiger partial charge in [0.05, 0.1) is 25.2 Å². The summed E-state index contributed by atoms with van der Waals surface area (Å²) in [6.07, 6.45) is 4.07. The van der Waals surface area contributed by atoms with Gasteiger partial charge in [0.15, 0.2) is 5.16 Å². The van der Waals surface area contributed by atoms with Crippen LogP contribution < -0.4 is 4.74 Å². The first kappa shape index (κ1) is 15.6. The normalized spacial score (nSPS) is 14.2. The summed E-state index contributed by atoms with van der Waals surface area (Å²) < 4.78 is 13.0. The summed E-state index contributed by atoms with van der Waals surface area (Å²) in [5.41, 5.74) is 0. The molecule has 7 nitrogen and oxygen atoms in total. The van der Waals surface area contributed by atoms with E-state index in [1.807, 2.05) is 19.1 Å². The zero-order valence-corrected chi connectivity index (χ0v) is 14.8. The Morgan fingerprint density at radius 3 is 3.00 bits per heavy atom. The van der Waals surface area contributed by atoms with E-state index >= 15 is 0 Å². The molecule has 4 rings (SSSR count). The van der Waals surface area contributed by atoms with E-state index < -0.39 is 0 Å². The van der Waals surface area contributed by atoms with Crippen molar-refractivity contribution in [2.45, 2.75) is 43.1 Å². The second-order valence-corrected chi connectivity index (χ2v) is 7.43. The molecule has 0 aliphatic heterocycles. The molecule has 0 aromatic carbocycles. The van der Waals surface area contributed by atoms with Crippen molar-refractivity contribution in [3.63, 3.8) is 0 Å². The lowest BCUT2D eigenvalue weighted by molar-refractivity contribution is 0.335. The molecule has 1 saturated carbocycles. The molecule has 126 valence electrons. The molecule has 3 aromatic heterocycles. The van der Waals surface area contributed by atoms with Crippen molar-refractivity contribution in [1.82, 2.24) is 25.0 Å². The summed E-state index contributed by atoms with van der Waals surface area (Å²) in [6, 6.07) is 3.88. The SMILES string of the molecule is CCOc1nnc(CSc2nnc(C3CC3)n2Cc2ccco2)s1. The molecule has 0 bridgehead atoms. The molecule has 0 saturated heterocycles. The van der Waals surface area contributed by atoms with Gasteiger partial charge in [-0.2, -0.15) is 0 Å². The van der Waals surface area contributed by atoms with E-state index in [9.17, 15) is 0 Å². The molecule has 3 heterocycles. The molecule has 0 radical (unpaired) electrons. The Hall–Kier alpha value is -1.87. The van der Waals surface area contributed by atoms with Crippen LogP contribution in [0.3, 0.4) is 0 Å². The predicted molar refractivity (Wildman–Crippen MR) is 90.4 cm³/mol. The van der Waals surface area contributed by atoms with Crippen LogP contribution in [0, 0.1) is 0 Å². The number of ether oxygens (including phenoxy) is 1. The average molecular weight is 363 g/mol. The van der Waals surface area contributed by atoms with Crippen molar-refractivity contribution in [3.05, 3.63) is 35.0 Å². The minimum absolute atomic E-state index is 0.535. The zero-order chi connectivity index (χ0) is 16.4. The molecule has 0 amide bonds. The van der Waals surface area contributed by atoms with Crippen LogP contribution in [0.1, 0.15) is 42.3 Å². The standard InChI is InChI=1S/C15H17N5O2S2/c1-2-21-15-19-16-12(24-15)9-23-14-18-17-13(10-5-6-10)20(14)8-11-4-3-7-22-11/h3-4,7,10H,2,5-6,8-9H2,1H3. The summed E-state index contributed by atoms with van der Waals surface area (Å²) in [6.45, 7) is 3.20. The van der Waals surface area contributed by atoms with Crippen LogP contribution in [-0.2, 0) is 12.3 Å². The van der Waals surface area contributed by atoms with Crippen LogP contribution in [0.15, 0.2) is 28.0 Å². The fraction of sp³-hybridized carbons (Fsp3) is 0.467. The maximum absolute atomic E-state index is 5.49. The first-order valence-electron chi connectivity index (χ1n) is 7.87. The quantitative estimate of drug-likeness (QED) is 0.568. The number of aromatic nitrogens is 5. The van der Waals surface area contributed by atoms with Crippen LogP contribution in [0.5, 0.6) is 5.19 Å². The van der Waals surface area contributed by atoms with E-state index in [0.29, 0.717) is 30.0 Å². The number of hydrogen-bond acceptors (Lipinski definition) is 8. The van der Waals surface area contributed by atoms with Crippen molar-refractivity contribution < 1.29 is 9.15 Å². The third-order valence-electron chi connectivity index (χ3n) is 3.62. The van der Waals surface area contributed by atoms with E-state index in [2.05, 4.69) is 25.0 Å². The van der Waals surface area contributed by atoms with Gasteiger partial charge in [0, 0.05) is 5.92 Å². The van der Waals surface area contributed by atoms with Crippen molar-refractivity contribution in [1.29, 1.82) is 0 Å². The lowest BCUT2D eigenvalue weighted by Crippen LogP contribution is -2.05. The van der Waals surface area contributed by atoms with Gasteiger partial charge >= 0.3 is 0 Å². The van der Waals surface area contributed by atoms with Crippen molar-refractivity contribution in [2.75, 3.05) is 6.61 Å². The molecule has 9 heteroatoms. The second kappa shape index (κ2) is 6.94. The van der Waals surface area contributed by atoms with Gasteiger partial charge in [0.1, 0.15) is 16.6 Å². The third-order valence-corrected chi connectivity index (χ3v) is 5.62. The number of thioether (sulfide) groups is 1. The fourth-order valence-corrected chi connectivity index (χ4v) is 4.04. The van der Waals surface area contributed by atoms with Crippen LogP contribution in [0.4, 0.5) is 0 Å². The van der Waals surface area contributed by atoms with E-state index in [0.717, 1.165) is 21.7 Å². The topological polar surface area (TPSA) is 78.9 Å². The van der Waals surface area contributed by atoms with Gasteiger partial charge in [-0.15, -0.1) is 20.4 Å². The summed E-state index contributed by atoms with van der Waals surface area (Å²) in [7, 11) is 0. The lowest BCUT2D eigenvalue weighted by Gasteiger charge is -2.07. The maximum Gasteiger partial charge on any atom is 0.294 e. The monoisotopic (exact) mass is 363 g/mol. The highest BCUT2D eigenvalue weighted by molar-refractivity contribution is 7.98. The molecule has 1 aliphatic carbocycles. The number of rotatable bonds is 8. The molecule has 0 N–H and O–H groups in total. The molecular weight excluding hydrogens is 346 g/mol. The van der Waals surface area contributed by atoms with Crippen LogP contribution in [-0.4, -0.2) is 31.6 Å². The van der Waals surface area contributed by atoms with Gasteiger partial charge in [0.25, 0.3) is 5.19 Å². The first-order valence-corrected chi connectivity index (χ1v) is 9.67. The minimum Gasteiger partial charge on any atom is -0.469 e. The Bertz CT molecular complexity index is 795. The highest BCUT2D eigenvalue weighted by Gasteiger charge is 2.30. The summed E-state index contributed by atoms with van der Waals surface area (Å²) in [5.74, 6) is 3.20. The summed E-state index contributed by atoms with van der Waals surface area (Å²) in [4.78, 5) is 0. The van der Waals surface area contributed by atoms with E-state index in [-0.39, 0.29) is 0 Å². The van der Waals surface area contributed by atoms with Crippen LogP contribution >= 0.6 is 23.1 Å². The van der Waals surface area contributed by atoms with E-state index in [1.54, 1.807) is 18.0 Å². The molecular formula is C15H17N5O2S2. The average Bonchev–Trinajstić information content (AvgIpc) is 3.00. The minimum atomic E-state index is 0.535. The zero-order valence-electron chi connectivity index (χ0n) is 13.2. The van der Waals surface area contributed by atoms with Gasteiger partial charge in [0.2, 0.25) is 0 Å². The van der Waals surface area contributed by atoms with E-state index in [4.69, 9.17) is 9.15 Å². The maximum atomic E-state index is 5.49. The highest BCUT2D eigenvalue weighted by atomic mass is 32.2. The van der Waals surface area contributed by atoms with Gasteiger partial charge in [-0.1, -0.05) is 23.1 Å². The predicted octanol–water partition coefficient (Wildman–Crippen LogP) is 3.34. The van der Waals surface area contributed by atoms with Crippen molar-refractivity contribution >= 4 is 23.1 Å². The molecule has 1 fully saturated rings. The number of nitrogens with zero attached hydrogens (tertiary/aromatic N) is 5. The highest BCUT2D eigenvalue weighted by Crippen LogP contribution is 2.40. The first-order chi connectivity index (χ1) is 11.8. The number of furan rings is 1. The Labute approximate surface area is 147 Å². The number of hydrogen-bond donors (Lipinski definition) is 0. The van der Waals surface area contributed by atoms with Crippen LogP contribution in [0.25, 0.3) is 0 Å². The Morgan fingerprint density at radius 2 is 2.25 bits per heavy atom. The lowest BCUT2D eigenvalue weighted by atomic mass is 10.3. The molecule has 0 spiro atoms. The smallest absolute Gasteiger partial charge is 0.294 e. The fourth-order valence-electron chi connectivity index (χ4n) is 2.36.